The number of aromatic nitrogens is 3. The van der Waals surface area contributed by atoms with Gasteiger partial charge in [0.1, 0.15) is 23.5 Å². The molecule has 2 aromatic carbocycles. The van der Waals surface area contributed by atoms with Crippen LogP contribution in [0.3, 0.4) is 0 Å². The van der Waals surface area contributed by atoms with E-state index in [0.29, 0.717) is 33.6 Å². The molecule has 0 aliphatic rings. The summed E-state index contributed by atoms with van der Waals surface area (Å²) < 4.78 is 24.4. The zero-order valence-electron chi connectivity index (χ0n) is 19.0. The summed E-state index contributed by atoms with van der Waals surface area (Å²) in [6.45, 7) is 1.44. The number of nitriles is 1. The Kier molecular flexibility index (Phi) is 6.42. The zero-order chi connectivity index (χ0) is 25.1. The second kappa shape index (κ2) is 9.61. The van der Waals surface area contributed by atoms with Gasteiger partial charge in [0.2, 0.25) is 5.88 Å². The summed E-state index contributed by atoms with van der Waals surface area (Å²) in [5.74, 6) is -1.30. The number of carboxylic acid groups (broad SMARTS) is 1. The minimum absolute atomic E-state index is 0.106. The maximum Gasteiger partial charge on any atom is 0.325 e. The second-order valence-corrected chi connectivity index (χ2v) is 7.54. The Hall–Kier alpha value is -4.78. The van der Waals surface area contributed by atoms with E-state index in [9.17, 15) is 19.6 Å². The number of rotatable bonds is 7. The van der Waals surface area contributed by atoms with Crippen molar-refractivity contribution in [1.29, 1.82) is 5.26 Å². The lowest BCUT2D eigenvalue weighted by atomic mass is 9.99. The number of nitrogens with zero attached hydrogens (tertiary/aromatic N) is 4. The van der Waals surface area contributed by atoms with Crippen LogP contribution >= 0.6 is 0 Å². The molecular formula is C25H20FN5O4. The molecule has 0 aliphatic carbocycles. The summed E-state index contributed by atoms with van der Waals surface area (Å²) in [5.41, 5.74) is 3.06. The summed E-state index contributed by atoms with van der Waals surface area (Å²) in [6.07, 6.45) is 1.58. The molecule has 35 heavy (non-hydrogen) atoms. The number of ether oxygens (including phenoxy) is 2. The molecular weight excluding hydrogens is 453 g/mol. The topological polar surface area (TPSA) is 130 Å². The van der Waals surface area contributed by atoms with Crippen LogP contribution in [0, 0.1) is 17.1 Å². The number of aliphatic carboxylic acids is 1. The number of nitrogens with one attached hydrogen (secondary N) is 1. The first-order valence-corrected chi connectivity index (χ1v) is 10.4. The van der Waals surface area contributed by atoms with Gasteiger partial charge in [0, 0.05) is 17.1 Å². The summed E-state index contributed by atoms with van der Waals surface area (Å²) in [4.78, 5) is 24.4. The van der Waals surface area contributed by atoms with Gasteiger partial charge in [-0.05, 0) is 30.7 Å². The lowest BCUT2D eigenvalue weighted by molar-refractivity contribution is -0.137. The van der Waals surface area contributed by atoms with Crippen molar-refractivity contribution in [2.75, 3.05) is 19.5 Å². The fourth-order valence-electron chi connectivity index (χ4n) is 3.59. The van der Waals surface area contributed by atoms with Crippen LogP contribution in [-0.4, -0.2) is 46.3 Å². The maximum atomic E-state index is 14.0. The molecule has 2 N–H and O–H groups in total. The number of hydrogen-bond acceptors (Lipinski definition) is 8. The highest BCUT2D eigenvalue weighted by Gasteiger charge is 2.21. The summed E-state index contributed by atoms with van der Waals surface area (Å²) in [5, 5.41) is 22.5. The summed E-state index contributed by atoms with van der Waals surface area (Å²) in [7, 11) is 2.95. The van der Waals surface area contributed by atoms with Crippen molar-refractivity contribution in [3.05, 3.63) is 60.0 Å². The van der Waals surface area contributed by atoms with E-state index in [4.69, 9.17) is 9.47 Å². The minimum atomic E-state index is -1.11. The predicted octanol–water partition coefficient (Wildman–Crippen LogP) is 4.27. The Morgan fingerprint density at radius 1 is 1.11 bits per heavy atom. The third kappa shape index (κ3) is 4.52. The molecule has 2 aromatic heterocycles. The third-order valence-corrected chi connectivity index (χ3v) is 5.37. The quantitative estimate of drug-likeness (QED) is 0.404. The molecule has 4 rings (SSSR count). The monoisotopic (exact) mass is 473 g/mol. The van der Waals surface area contributed by atoms with Gasteiger partial charge in [0.15, 0.2) is 0 Å². The first-order chi connectivity index (χ1) is 16.9. The number of pyridine rings is 1. The number of halogens is 1. The van der Waals surface area contributed by atoms with Gasteiger partial charge in [-0.2, -0.15) is 10.2 Å². The molecule has 1 unspecified atom stereocenters. The smallest absolute Gasteiger partial charge is 0.325 e. The van der Waals surface area contributed by atoms with Crippen LogP contribution in [0.1, 0.15) is 12.5 Å². The van der Waals surface area contributed by atoms with Gasteiger partial charge in [-0.1, -0.05) is 24.3 Å². The van der Waals surface area contributed by atoms with E-state index in [1.807, 2.05) is 0 Å². The Morgan fingerprint density at radius 2 is 1.83 bits per heavy atom. The average Bonchev–Trinajstić information content (AvgIpc) is 2.88. The first kappa shape index (κ1) is 23.4. The molecule has 1 atom stereocenters. The van der Waals surface area contributed by atoms with Gasteiger partial charge >= 0.3 is 12.0 Å². The van der Waals surface area contributed by atoms with Gasteiger partial charge in [-0.15, -0.1) is 0 Å². The van der Waals surface area contributed by atoms with E-state index < -0.39 is 17.8 Å². The van der Waals surface area contributed by atoms with E-state index in [1.54, 1.807) is 30.5 Å². The number of carbonyl (C=O) groups is 1. The Balaban J connectivity index is 1.85. The van der Waals surface area contributed by atoms with Crippen molar-refractivity contribution >= 4 is 22.6 Å². The average molecular weight is 473 g/mol. The summed E-state index contributed by atoms with van der Waals surface area (Å²) in [6, 6.07) is 12.4. The first-order valence-electron chi connectivity index (χ1n) is 10.4. The highest BCUT2D eigenvalue weighted by atomic mass is 19.1. The lowest BCUT2D eigenvalue weighted by Gasteiger charge is -2.17. The molecule has 0 radical (unpaired) electrons. The zero-order valence-corrected chi connectivity index (χ0v) is 19.0. The number of hydrogen-bond donors (Lipinski definition) is 2. The standard InChI is InChI=1S/C25H20FN5O4/c1-13(24(32)33)29-22-17-10-16(26)8-9-20(17)30-21(18(22)11-27)15-6-4-14(5-7-15)19-12-28-25(35-3)31-23(19)34-2/h4-10,12-13H,1-3H3,(H,29,30)(H,32,33). The van der Waals surface area contributed by atoms with Crippen LogP contribution in [0.15, 0.2) is 48.7 Å². The second-order valence-electron chi connectivity index (χ2n) is 7.54. The fraction of sp³-hybridized carbons (Fsp3) is 0.160. The lowest BCUT2D eigenvalue weighted by Crippen LogP contribution is -2.26. The molecule has 0 amide bonds. The number of benzene rings is 2. The predicted molar refractivity (Wildman–Crippen MR) is 127 cm³/mol. The van der Waals surface area contributed by atoms with Crippen molar-refractivity contribution in [3.8, 4) is 40.3 Å². The third-order valence-electron chi connectivity index (χ3n) is 5.37. The van der Waals surface area contributed by atoms with E-state index in [2.05, 4.69) is 26.3 Å². The highest BCUT2D eigenvalue weighted by molar-refractivity contribution is 5.99. The summed E-state index contributed by atoms with van der Waals surface area (Å²) >= 11 is 0. The van der Waals surface area contributed by atoms with Crippen LogP contribution < -0.4 is 14.8 Å². The molecule has 0 bridgehead atoms. The Labute approximate surface area is 199 Å². The van der Waals surface area contributed by atoms with E-state index in [0.717, 1.165) is 5.56 Å². The largest absolute Gasteiger partial charge is 0.480 e. The minimum Gasteiger partial charge on any atom is -0.480 e. The molecule has 0 saturated heterocycles. The normalized spacial score (nSPS) is 11.5. The molecule has 9 nitrogen and oxygen atoms in total. The van der Waals surface area contributed by atoms with Crippen molar-refractivity contribution in [2.24, 2.45) is 0 Å². The number of carboxylic acids is 1. The number of methoxy groups -OCH3 is 2. The molecule has 0 spiro atoms. The highest BCUT2D eigenvalue weighted by Crippen LogP contribution is 2.36. The Bertz CT molecular complexity index is 1470. The number of anilines is 1. The van der Waals surface area contributed by atoms with Crippen molar-refractivity contribution in [2.45, 2.75) is 13.0 Å². The molecule has 0 fully saturated rings. The van der Waals surface area contributed by atoms with E-state index in [-0.39, 0.29) is 17.3 Å². The van der Waals surface area contributed by atoms with E-state index in [1.165, 1.54) is 39.3 Å². The maximum absolute atomic E-state index is 14.0. The molecule has 0 saturated carbocycles. The molecule has 2 heterocycles. The van der Waals surface area contributed by atoms with Crippen LogP contribution in [-0.2, 0) is 4.79 Å². The van der Waals surface area contributed by atoms with Crippen LogP contribution in [0.4, 0.5) is 10.1 Å². The van der Waals surface area contributed by atoms with Gasteiger partial charge in [0.05, 0.1) is 36.7 Å². The van der Waals surface area contributed by atoms with E-state index >= 15 is 0 Å². The molecule has 176 valence electrons. The Morgan fingerprint density at radius 3 is 2.46 bits per heavy atom. The number of fused-ring (bicyclic) bond motifs is 1. The van der Waals surface area contributed by atoms with Crippen LogP contribution in [0.25, 0.3) is 33.3 Å². The van der Waals surface area contributed by atoms with Gasteiger partial charge in [-0.3, -0.25) is 4.79 Å². The SMILES string of the molecule is COc1ncc(-c2ccc(-c3nc4ccc(F)cc4c(NC(C)C(=O)O)c3C#N)cc2)c(OC)n1. The fourth-order valence-corrected chi connectivity index (χ4v) is 3.59. The van der Waals surface area contributed by atoms with Crippen molar-refractivity contribution in [1.82, 2.24) is 15.0 Å². The molecule has 4 aromatic rings. The molecule has 0 aliphatic heterocycles. The van der Waals surface area contributed by atoms with Crippen LogP contribution in [0.5, 0.6) is 11.9 Å². The molecule has 10 heteroatoms. The van der Waals surface area contributed by atoms with Gasteiger partial charge < -0.3 is 19.9 Å². The van der Waals surface area contributed by atoms with Crippen LogP contribution in [0.2, 0.25) is 0 Å². The van der Waals surface area contributed by atoms with Crippen molar-refractivity contribution < 1.29 is 23.8 Å². The van der Waals surface area contributed by atoms with Gasteiger partial charge in [-0.25, -0.2) is 14.4 Å². The van der Waals surface area contributed by atoms with Gasteiger partial charge in [0.25, 0.3) is 0 Å². The van der Waals surface area contributed by atoms with Crippen molar-refractivity contribution in [3.63, 3.8) is 0 Å².